The van der Waals surface area contributed by atoms with Gasteiger partial charge in [0.1, 0.15) is 0 Å². The number of carbonyl (C=O) groups is 2. The van der Waals surface area contributed by atoms with E-state index in [1.165, 1.54) is 6.07 Å². The maximum absolute atomic E-state index is 11.0. The van der Waals surface area contributed by atoms with Crippen molar-refractivity contribution in [2.45, 2.75) is 12.7 Å². The van der Waals surface area contributed by atoms with E-state index in [0.29, 0.717) is 5.56 Å². The Hall–Kier alpha value is 0.945. The molecule has 0 saturated heterocycles. The third-order valence-corrected chi connectivity index (χ3v) is 2.76. The molecule has 1 aliphatic heterocycles. The third kappa shape index (κ3) is 5.51. The van der Waals surface area contributed by atoms with E-state index in [1.807, 2.05) is 0 Å². The molecule has 21 heavy (non-hydrogen) atoms. The molecule has 96 valence electrons. The topological polar surface area (TPSA) is 130 Å². The molecule has 0 aromatic heterocycles. The molecule has 11 heteroatoms. The van der Waals surface area contributed by atoms with Crippen molar-refractivity contribution >= 4 is 18.7 Å². The SMILES string of the molecule is O=C([O-])c1ccc2c(c1C(=O)[O-])O[B-](O)(O)CC2.[Na+].[Na+].[Na+]. The van der Waals surface area contributed by atoms with Gasteiger partial charge < -0.3 is 34.5 Å². The molecule has 1 heterocycles. The van der Waals surface area contributed by atoms with Gasteiger partial charge in [0, 0.05) is 11.1 Å². The zero-order valence-electron chi connectivity index (χ0n) is 12.1. The average Bonchev–Trinajstić information content (AvgIpc) is 2.25. The Kier molecular flexibility index (Phi) is 10.7. The minimum Gasteiger partial charge on any atom is -0.669 e. The maximum atomic E-state index is 11.0. The number of aryl methyl sites for hydroxylation is 1. The Labute approximate surface area is 187 Å². The molecule has 1 aliphatic rings. The van der Waals surface area contributed by atoms with Gasteiger partial charge in [0.05, 0.1) is 17.7 Å². The van der Waals surface area contributed by atoms with Crippen LogP contribution in [-0.4, -0.2) is 28.7 Å². The smallest absolute Gasteiger partial charge is 0.669 e. The minimum atomic E-state index is -3.18. The monoisotopic (exact) mass is 320 g/mol. The van der Waals surface area contributed by atoms with Gasteiger partial charge in [0.25, 0.3) is 0 Å². The van der Waals surface area contributed by atoms with Crippen LogP contribution in [0.5, 0.6) is 5.75 Å². The number of carboxylic acids is 2. The van der Waals surface area contributed by atoms with Crippen LogP contribution in [0.1, 0.15) is 26.3 Å². The van der Waals surface area contributed by atoms with Crippen molar-refractivity contribution < 1.29 is 123 Å². The summed E-state index contributed by atoms with van der Waals surface area (Å²) in [5.74, 6) is -3.87. The first-order valence-corrected chi connectivity index (χ1v) is 5.20. The molecule has 0 saturated carbocycles. The summed E-state index contributed by atoms with van der Waals surface area (Å²) >= 11 is 0. The second kappa shape index (κ2) is 9.29. The molecule has 0 spiro atoms. The fourth-order valence-electron chi connectivity index (χ4n) is 1.92. The first-order valence-electron chi connectivity index (χ1n) is 5.20. The first-order chi connectivity index (χ1) is 8.32. The largest absolute Gasteiger partial charge is 1.00 e. The van der Waals surface area contributed by atoms with E-state index in [9.17, 15) is 29.9 Å². The molecule has 1 aromatic rings. The molecular weight excluding hydrogens is 312 g/mol. The summed E-state index contributed by atoms with van der Waals surface area (Å²) in [6.07, 6.45) is 0.0695. The van der Waals surface area contributed by atoms with Gasteiger partial charge in [-0.15, -0.1) is 0 Å². The fourth-order valence-corrected chi connectivity index (χ4v) is 1.92. The van der Waals surface area contributed by atoms with Crippen LogP contribution in [0.25, 0.3) is 0 Å². The Bertz CT molecular complexity index is 550. The molecule has 0 aliphatic carbocycles. The van der Waals surface area contributed by atoms with Gasteiger partial charge in [-0.2, -0.15) is 0 Å². The van der Waals surface area contributed by atoms with Crippen LogP contribution in [-0.2, 0) is 6.42 Å². The number of hydrogen-bond acceptors (Lipinski definition) is 7. The number of carboxylic acid groups (broad SMARTS) is 2. The summed E-state index contributed by atoms with van der Waals surface area (Å²) in [5, 5.41) is 40.5. The molecule has 0 radical (unpaired) electrons. The van der Waals surface area contributed by atoms with Gasteiger partial charge in [-0.3, -0.25) is 0 Å². The molecule has 7 nitrogen and oxygen atoms in total. The third-order valence-electron chi connectivity index (χ3n) is 2.76. The van der Waals surface area contributed by atoms with Crippen LogP contribution in [0.2, 0.25) is 6.32 Å². The number of benzene rings is 1. The summed E-state index contributed by atoms with van der Waals surface area (Å²) in [4.78, 5) is 21.8. The number of aromatic carboxylic acids is 2. The van der Waals surface area contributed by atoms with E-state index < -0.39 is 29.8 Å². The van der Waals surface area contributed by atoms with Crippen molar-refractivity contribution in [3.63, 3.8) is 0 Å². The molecule has 0 atom stereocenters. The van der Waals surface area contributed by atoms with Gasteiger partial charge in [-0.05, 0) is 12.0 Å². The second-order valence-electron chi connectivity index (χ2n) is 4.07. The van der Waals surface area contributed by atoms with Crippen molar-refractivity contribution in [1.29, 1.82) is 0 Å². The number of fused-ring (bicyclic) bond motifs is 1. The Morgan fingerprint density at radius 3 is 2.14 bits per heavy atom. The first kappa shape index (κ1) is 24.2. The number of hydrogen-bond donors (Lipinski definition) is 2. The molecule has 0 amide bonds. The predicted octanol–water partition coefficient (Wildman–Crippen LogP) is -11.7. The molecule has 1 aromatic carbocycles. The summed E-state index contributed by atoms with van der Waals surface area (Å²) in [7, 11) is 0. The van der Waals surface area contributed by atoms with E-state index in [-0.39, 0.29) is 107 Å². The van der Waals surface area contributed by atoms with Gasteiger partial charge in [-0.1, -0.05) is 18.5 Å². The van der Waals surface area contributed by atoms with E-state index >= 15 is 0 Å². The molecule has 0 bridgehead atoms. The molecular formula is C10H8BNa3O7. The summed E-state index contributed by atoms with van der Waals surface area (Å²) in [6.45, 7) is -3.18. The van der Waals surface area contributed by atoms with E-state index in [4.69, 9.17) is 4.65 Å². The minimum absolute atomic E-state index is 0. The standard InChI is InChI=1S/C10H10BO7.3Na/c12-9(13)6-2-1-5-3-4-11(16,17)18-8(5)7(6)10(14)15;;;/h1-2,16-17H,3-4H2,(H,12,13)(H,14,15);;;/q-1;3*+1/p-2. The van der Waals surface area contributed by atoms with Gasteiger partial charge in [0.2, 0.25) is 0 Å². The quantitative estimate of drug-likeness (QED) is 0.518. The number of rotatable bonds is 2. The maximum Gasteiger partial charge on any atom is 1.00 e. The van der Waals surface area contributed by atoms with E-state index in [2.05, 4.69) is 0 Å². The summed E-state index contributed by atoms with van der Waals surface area (Å²) in [5.41, 5.74) is -0.983. The zero-order chi connectivity index (χ0) is 13.5. The van der Waals surface area contributed by atoms with Crippen molar-refractivity contribution in [3.8, 4) is 5.75 Å². The molecule has 0 unspecified atom stereocenters. The average molecular weight is 320 g/mol. The van der Waals surface area contributed by atoms with Crippen LogP contribution in [0, 0.1) is 0 Å². The fraction of sp³-hybridized carbons (Fsp3) is 0.200. The van der Waals surface area contributed by atoms with E-state index in [1.54, 1.807) is 0 Å². The molecule has 2 rings (SSSR count). The summed E-state index contributed by atoms with van der Waals surface area (Å²) in [6, 6.07) is 2.41. The van der Waals surface area contributed by atoms with E-state index in [0.717, 1.165) is 6.07 Å². The Morgan fingerprint density at radius 1 is 1.10 bits per heavy atom. The zero-order valence-corrected chi connectivity index (χ0v) is 18.1. The van der Waals surface area contributed by atoms with Crippen molar-refractivity contribution in [2.24, 2.45) is 0 Å². The Balaban J connectivity index is 0. The van der Waals surface area contributed by atoms with Gasteiger partial charge in [0.15, 0.2) is 0 Å². The number of carbonyl (C=O) groups excluding carboxylic acids is 2. The van der Waals surface area contributed by atoms with Crippen LogP contribution in [0.15, 0.2) is 12.1 Å². The van der Waals surface area contributed by atoms with Crippen LogP contribution in [0.3, 0.4) is 0 Å². The second-order valence-corrected chi connectivity index (χ2v) is 4.07. The van der Waals surface area contributed by atoms with Crippen molar-refractivity contribution in [2.75, 3.05) is 0 Å². The van der Waals surface area contributed by atoms with Gasteiger partial charge in [-0.25, -0.2) is 0 Å². The van der Waals surface area contributed by atoms with Crippen LogP contribution >= 0.6 is 0 Å². The van der Waals surface area contributed by atoms with Crippen molar-refractivity contribution in [3.05, 3.63) is 28.8 Å². The normalized spacial score (nSPS) is 14.2. The molecule has 2 N–H and O–H groups in total. The van der Waals surface area contributed by atoms with Crippen molar-refractivity contribution in [1.82, 2.24) is 0 Å². The Morgan fingerprint density at radius 2 is 1.67 bits per heavy atom. The van der Waals surface area contributed by atoms with Crippen LogP contribution in [0.4, 0.5) is 0 Å². The molecule has 0 fully saturated rings. The predicted molar refractivity (Wildman–Crippen MR) is 54.4 cm³/mol. The van der Waals surface area contributed by atoms with Crippen LogP contribution < -0.4 is 104 Å². The summed E-state index contributed by atoms with van der Waals surface area (Å²) < 4.78 is 4.76. The van der Waals surface area contributed by atoms with Gasteiger partial charge >= 0.3 is 95.4 Å².